The normalized spacial score (nSPS) is 5.71. The fourth-order valence-corrected chi connectivity index (χ4v) is 0. The van der Waals surface area contributed by atoms with Gasteiger partial charge in [0.2, 0.25) is 0 Å². The van der Waals surface area contributed by atoms with Gasteiger partial charge < -0.3 is 10.7 Å². The van der Waals surface area contributed by atoms with Crippen molar-refractivity contribution < 1.29 is 4.79 Å². The van der Waals surface area contributed by atoms with Crippen LogP contribution in [0.15, 0.2) is 0 Å². The van der Waals surface area contributed by atoms with Gasteiger partial charge in [0.15, 0.2) is 0 Å². The minimum absolute atomic E-state index is 0. The van der Waals surface area contributed by atoms with Crippen LogP contribution in [0, 0.1) is 5.92 Å². The molecule has 7 heavy (non-hydrogen) atoms. The summed E-state index contributed by atoms with van der Waals surface area (Å²) in [6.45, 7) is 9.50. The van der Waals surface area contributed by atoms with E-state index in [9.17, 15) is 0 Å². The van der Waals surface area contributed by atoms with Crippen LogP contribution < -0.4 is 0 Å². The molecule has 0 aliphatic rings. The standard InChI is InChI=1S/C4H9.CHO.Mg/c1-4(2)3;1-2;/h1-3H3;1H;/q2*-1;+2. The Bertz CT molecular complexity index is 19.3. The molecule has 0 unspecified atom stereocenters. The Hall–Kier alpha value is 0.436. The van der Waals surface area contributed by atoms with Crippen LogP contribution >= 0.6 is 0 Å². The molecule has 38 valence electrons. The van der Waals surface area contributed by atoms with E-state index < -0.39 is 0 Å². The first-order valence-corrected chi connectivity index (χ1v) is 1.74. The Kier molecular flexibility index (Phi) is 36.0. The van der Waals surface area contributed by atoms with Crippen LogP contribution in [0.2, 0.25) is 0 Å². The zero-order chi connectivity index (χ0) is 5.58. The number of hydrogen-bond acceptors (Lipinski definition) is 1. The molecular formula is C5H10MgO. The first-order valence-electron chi connectivity index (χ1n) is 1.74. The van der Waals surface area contributed by atoms with Crippen LogP contribution in [-0.2, 0) is 4.79 Å². The fraction of sp³-hybridized carbons (Fsp3) is 0.600. The maximum Gasteiger partial charge on any atom is 2.00 e. The van der Waals surface area contributed by atoms with Crippen molar-refractivity contribution in [3.63, 3.8) is 0 Å². The molecule has 0 atom stereocenters. The summed E-state index contributed by atoms with van der Waals surface area (Å²) in [5, 5.41) is 0. The molecule has 0 saturated heterocycles. The maximum absolute atomic E-state index is 7.75. The molecule has 0 aromatic carbocycles. The summed E-state index contributed by atoms with van der Waals surface area (Å²) in [5.74, 6) is 1.42. The Labute approximate surface area is 61.6 Å². The maximum atomic E-state index is 7.75. The third-order valence-electron chi connectivity index (χ3n) is 0. The van der Waals surface area contributed by atoms with E-state index >= 15 is 0 Å². The molecule has 0 fully saturated rings. The van der Waals surface area contributed by atoms with Crippen molar-refractivity contribution in [3.05, 3.63) is 5.92 Å². The Morgan fingerprint density at radius 2 is 1.14 bits per heavy atom. The van der Waals surface area contributed by atoms with E-state index in [1.807, 2.05) is 0 Å². The molecule has 0 rings (SSSR count). The Morgan fingerprint density at radius 1 is 1.14 bits per heavy atom. The quantitative estimate of drug-likeness (QED) is 0.258. The van der Waals surface area contributed by atoms with Gasteiger partial charge in [-0.2, -0.15) is 20.8 Å². The van der Waals surface area contributed by atoms with Gasteiger partial charge in [0, 0.05) is 0 Å². The molecule has 0 amide bonds. The van der Waals surface area contributed by atoms with Crippen molar-refractivity contribution in [1.29, 1.82) is 0 Å². The molecule has 0 aromatic heterocycles. The second-order valence-electron chi connectivity index (χ2n) is 1.50. The van der Waals surface area contributed by atoms with Crippen molar-refractivity contribution in [2.24, 2.45) is 0 Å². The van der Waals surface area contributed by atoms with Gasteiger partial charge in [-0.3, -0.25) is 6.79 Å². The minimum atomic E-state index is 0. The first-order chi connectivity index (χ1) is 2.73. The Balaban J connectivity index is -0.0000000480. The van der Waals surface area contributed by atoms with Crippen LogP contribution in [0.3, 0.4) is 0 Å². The molecule has 0 spiro atoms. The van der Waals surface area contributed by atoms with E-state index in [1.54, 1.807) is 0 Å². The van der Waals surface area contributed by atoms with E-state index in [4.69, 9.17) is 4.79 Å². The molecule has 0 aromatic rings. The van der Waals surface area contributed by atoms with E-state index in [2.05, 4.69) is 27.6 Å². The van der Waals surface area contributed by atoms with Crippen molar-refractivity contribution in [2.45, 2.75) is 20.8 Å². The third-order valence-corrected chi connectivity index (χ3v) is 0. The van der Waals surface area contributed by atoms with E-state index in [0.29, 0.717) is 0 Å². The SMILES string of the molecule is C[C-](C)C.[CH-]=O.[Mg+2]. The second kappa shape index (κ2) is 16.1. The van der Waals surface area contributed by atoms with Crippen molar-refractivity contribution in [2.75, 3.05) is 0 Å². The smallest absolute Gasteiger partial charge is 0.545 e. The Morgan fingerprint density at radius 3 is 1.14 bits per heavy atom. The van der Waals surface area contributed by atoms with Crippen LogP contribution in [0.1, 0.15) is 20.8 Å². The summed E-state index contributed by atoms with van der Waals surface area (Å²) in [6.07, 6.45) is 0. The summed E-state index contributed by atoms with van der Waals surface area (Å²) in [6, 6.07) is 0. The van der Waals surface area contributed by atoms with Gasteiger partial charge in [0.05, 0.1) is 0 Å². The predicted molar refractivity (Wildman–Crippen MR) is 32.8 cm³/mol. The first kappa shape index (κ1) is 15.7. The predicted octanol–water partition coefficient (Wildman–Crippen LogP) is 0.966. The largest absolute Gasteiger partial charge is 2.00 e. The fourth-order valence-electron chi connectivity index (χ4n) is 0. The van der Waals surface area contributed by atoms with Crippen molar-refractivity contribution >= 4 is 29.8 Å². The molecule has 0 heterocycles. The van der Waals surface area contributed by atoms with E-state index in [0.717, 1.165) is 0 Å². The van der Waals surface area contributed by atoms with Gasteiger partial charge in [-0.1, -0.05) is 0 Å². The zero-order valence-corrected chi connectivity index (χ0v) is 6.61. The summed E-state index contributed by atoms with van der Waals surface area (Å²) in [4.78, 5) is 7.75. The topological polar surface area (TPSA) is 17.1 Å². The van der Waals surface area contributed by atoms with Gasteiger partial charge in [0.1, 0.15) is 0 Å². The number of hydrogen-bond donors (Lipinski definition) is 0. The van der Waals surface area contributed by atoms with Gasteiger partial charge in [-0.15, -0.1) is 0 Å². The molecule has 1 nitrogen and oxygen atoms in total. The van der Waals surface area contributed by atoms with Crippen LogP contribution in [0.4, 0.5) is 0 Å². The van der Waals surface area contributed by atoms with Gasteiger partial charge in [-0.25, -0.2) is 0 Å². The molecule has 0 N–H and O–H groups in total. The molecule has 0 bridgehead atoms. The summed E-state index contributed by atoms with van der Waals surface area (Å²) in [5.41, 5.74) is 0. The molecule has 0 aliphatic carbocycles. The van der Waals surface area contributed by atoms with Crippen molar-refractivity contribution in [3.8, 4) is 0 Å². The third kappa shape index (κ3) is 666. The molecular weight excluding hydrogens is 100 g/mol. The van der Waals surface area contributed by atoms with Crippen LogP contribution in [0.5, 0.6) is 0 Å². The van der Waals surface area contributed by atoms with Crippen molar-refractivity contribution in [1.82, 2.24) is 0 Å². The average molecular weight is 110 g/mol. The average Bonchev–Trinajstić information content (AvgIpc) is 1.41. The summed E-state index contributed by atoms with van der Waals surface area (Å²) >= 11 is 0. The number of carbonyl (C=O) groups excluding carboxylic acids is 1. The van der Waals surface area contributed by atoms with E-state index in [1.165, 1.54) is 5.92 Å². The molecule has 0 radical (unpaired) electrons. The van der Waals surface area contributed by atoms with Gasteiger partial charge in [0.25, 0.3) is 0 Å². The second-order valence-corrected chi connectivity index (χ2v) is 1.50. The van der Waals surface area contributed by atoms with Gasteiger partial charge >= 0.3 is 23.1 Å². The van der Waals surface area contributed by atoms with E-state index in [-0.39, 0.29) is 23.1 Å². The summed E-state index contributed by atoms with van der Waals surface area (Å²) < 4.78 is 0. The van der Waals surface area contributed by atoms with Crippen LogP contribution in [-0.4, -0.2) is 29.8 Å². The molecule has 0 aliphatic heterocycles. The van der Waals surface area contributed by atoms with Gasteiger partial charge in [-0.05, 0) is 0 Å². The molecule has 0 saturated carbocycles. The number of rotatable bonds is 0. The monoisotopic (exact) mass is 110 g/mol. The zero-order valence-electron chi connectivity index (χ0n) is 5.19. The minimum Gasteiger partial charge on any atom is -0.545 e. The van der Waals surface area contributed by atoms with Crippen LogP contribution in [0.25, 0.3) is 0 Å². The summed E-state index contributed by atoms with van der Waals surface area (Å²) in [7, 11) is 0. The molecule has 2 heteroatoms.